The van der Waals surface area contributed by atoms with E-state index in [1.165, 1.54) is 6.07 Å². The Balaban J connectivity index is 2.85. The lowest BCUT2D eigenvalue weighted by Gasteiger charge is -2.11. The minimum atomic E-state index is -0.938. The predicted molar refractivity (Wildman–Crippen MR) is 75.7 cm³/mol. The van der Waals surface area contributed by atoms with E-state index >= 15 is 0 Å². The Bertz CT molecular complexity index is 428. The molecule has 0 aliphatic carbocycles. The lowest BCUT2D eigenvalue weighted by atomic mass is 10.2. The first-order valence-corrected chi connectivity index (χ1v) is 7.01. The number of benzene rings is 1. The van der Waals surface area contributed by atoms with Gasteiger partial charge in [0.1, 0.15) is 5.69 Å². The summed E-state index contributed by atoms with van der Waals surface area (Å²) >= 11 is 1.62. The predicted octanol–water partition coefficient (Wildman–Crippen LogP) is 1.86. The first-order valence-electron chi connectivity index (χ1n) is 6.02. The summed E-state index contributed by atoms with van der Waals surface area (Å²) in [6, 6.07) is 4.86. The largest absolute Gasteiger partial charge is 0.394 e. The van der Waals surface area contributed by atoms with Crippen LogP contribution in [0.5, 0.6) is 0 Å². The number of thioether (sulfide) groups is 1. The average molecular weight is 286 g/mol. The van der Waals surface area contributed by atoms with Crippen molar-refractivity contribution in [1.82, 2.24) is 0 Å². The third kappa shape index (κ3) is 5.06. The van der Waals surface area contributed by atoms with Crippen LogP contribution in [0.25, 0.3) is 0 Å². The highest BCUT2D eigenvalue weighted by Crippen LogP contribution is 2.30. The number of nitro groups is 1. The standard InChI is InChI=1S/C12H18N2O4S/c1-2-5-19-10-3-4-12(14(17)18)11(6-10)13-7-9(16)8-15/h3-4,6,9,13,15-16H,2,5,7-8H2,1H3. The van der Waals surface area contributed by atoms with E-state index in [1.807, 2.05) is 0 Å². The molecule has 6 nitrogen and oxygen atoms in total. The van der Waals surface area contributed by atoms with Crippen LogP contribution >= 0.6 is 11.8 Å². The Morgan fingerprint density at radius 2 is 2.26 bits per heavy atom. The maximum atomic E-state index is 10.9. The number of anilines is 1. The van der Waals surface area contributed by atoms with Gasteiger partial charge >= 0.3 is 0 Å². The van der Waals surface area contributed by atoms with Crippen molar-refractivity contribution in [3.63, 3.8) is 0 Å². The molecule has 0 saturated carbocycles. The van der Waals surface area contributed by atoms with Crippen molar-refractivity contribution in [3.05, 3.63) is 28.3 Å². The van der Waals surface area contributed by atoms with Gasteiger partial charge in [0.2, 0.25) is 0 Å². The minimum absolute atomic E-state index is 0.0361. The van der Waals surface area contributed by atoms with Gasteiger partial charge < -0.3 is 15.5 Å². The van der Waals surface area contributed by atoms with Crippen molar-refractivity contribution < 1.29 is 15.1 Å². The quantitative estimate of drug-likeness (QED) is 0.383. The molecule has 0 heterocycles. The van der Waals surface area contributed by atoms with Gasteiger partial charge in [0.25, 0.3) is 5.69 Å². The van der Waals surface area contributed by atoms with Crippen LogP contribution < -0.4 is 5.32 Å². The van der Waals surface area contributed by atoms with Crippen molar-refractivity contribution in [2.75, 3.05) is 24.2 Å². The number of rotatable bonds is 8. The fourth-order valence-corrected chi connectivity index (χ4v) is 2.22. The van der Waals surface area contributed by atoms with E-state index in [4.69, 9.17) is 5.11 Å². The molecule has 0 fully saturated rings. The maximum Gasteiger partial charge on any atom is 0.292 e. The molecule has 1 atom stereocenters. The zero-order valence-corrected chi connectivity index (χ0v) is 11.5. The van der Waals surface area contributed by atoms with E-state index in [0.29, 0.717) is 5.69 Å². The van der Waals surface area contributed by atoms with Crippen LogP contribution in [0.1, 0.15) is 13.3 Å². The SMILES string of the molecule is CCCSc1ccc([N+](=O)[O-])c(NCC(O)CO)c1. The van der Waals surface area contributed by atoms with E-state index in [-0.39, 0.29) is 18.8 Å². The van der Waals surface area contributed by atoms with Crippen molar-refractivity contribution in [1.29, 1.82) is 0 Å². The minimum Gasteiger partial charge on any atom is -0.394 e. The van der Waals surface area contributed by atoms with Crippen molar-refractivity contribution in [2.24, 2.45) is 0 Å². The summed E-state index contributed by atoms with van der Waals surface area (Å²) in [5, 5.41) is 31.7. The first-order chi connectivity index (χ1) is 9.08. The number of nitro benzene ring substituents is 1. The number of aliphatic hydroxyl groups is 2. The van der Waals surface area contributed by atoms with Gasteiger partial charge in [-0.3, -0.25) is 10.1 Å². The second-order valence-corrected chi connectivity index (χ2v) is 5.17. The van der Waals surface area contributed by atoms with Crippen LogP contribution in [-0.2, 0) is 0 Å². The number of nitrogens with zero attached hydrogens (tertiary/aromatic N) is 1. The summed E-state index contributed by atoms with van der Waals surface area (Å²) < 4.78 is 0. The van der Waals surface area contributed by atoms with Gasteiger partial charge in [0, 0.05) is 17.5 Å². The van der Waals surface area contributed by atoms with Gasteiger partial charge in [-0.1, -0.05) is 6.92 Å². The molecule has 106 valence electrons. The van der Waals surface area contributed by atoms with E-state index in [9.17, 15) is 15.2 Å². The highest BCUT2D eigenvalue weighted by atomic mass is 32.2. The summed E-state index contributed by atoms with van der Waals surface area (Å²) in [6.07, 6.45) is 0.0831. The second-order valence-electron chi connectivity index (χ2n) is 4.00. The number of nitrogens with one attached hydrogen (secondary N) is 1. The molecule has 19 heavy (non-hydrogen) atoms. The maximum absolute atomic E-state index is 10.9. The van der Waals surface area contributed by atoms with Crippen LogP contribution in [-0.4, -0.2) is 40.1 Å². The lowest BCUT2D eigenvalue weighted by molar-refractivity contribution is -0.384. The Kier molecular flexibility index (Phi) is 6.61. The number of aliphatic hydroxyl groups excluding tert-OH is 2. The Hall–Kier alpha value is -1.31. The van der Waals surface area contributed by atoms with E-state index in [2.05, 4.69) is 12.2 Å². The third-order valence-electron chi connectivity index (χ3n) is 2.38. The Morgan fingerprint density at radius 3 is 2.84 bits per heavy atom. The van der Waals surface area contributed by atoms with E-state index in [0.717, 1.165) is 17.1 Å². The van der Waals surface area contributed by atoms with Gasteiger partial charge in [-0.05, 0) is 24.3 Å². The zero-order valence-electron chi connectivity index (χ0n) is 10.7. The molecule has 0 bridgehead atoms. The summed E-state index contributed by atoms with van der Waals surface area (Å²) in [5.41, 5.74) is 0.324. The molecule has 3 N–H and O–H groups in total. The smallest absolute Gasteiger partial charge is 0.292 e. The number of hydrogen-bond donors (Lipinski definition) is 3. The molecule has 1 rings (SSSR count). The molecule has 0 amide bonds. The van der Waals surface area contributed by atoms with Crippen LogP contribution in [0.2, 0.25) is 0 Å². The molecule has 7 heteroatoms. The van der Waals surface area contributed by atoms with Crippen molar-refractivity contribution in [2.45, 2.75) is 24.3 Å². The molecule has 1 aromatic carbocycles. The fraction of sp³-hybridized carbons (Fsp3) is 0.500. The monoisotopic (exact) mass is 286 g/mol. The normalized spacial score (nSPS) is 12.2. The summed E-state index contributed by atoms with van der Waals surface area (Å²) in [6.45, 7) is 1.75. The molecule has 0 saturated heterocycles. The Labute approximate surface area is 116 Å². The van der Waals surface area contributed by atoms with Gasteiger partial charge in [0.15, 0.2) is 0 Å². The van der Waals surface area contributed by atoms with E-state index < -0.39 is 11.0 Å². The lowest BCUT2D eigenvalue weighted by Crippen LogP contribution is -2.23. The zero-order chi connectivity index (χ0) is 14.3. The Morgan fingerprint density at radius 1 is 1.53 bits per heavy atom. The van der Waals surface area contributed by atoms with Gasteiger partial charge in [0.05, 0.1) is 17.6 Å². The second kappa shape index (κ2) is 7.98. The van der Waals surface area contributed by atoms with E-state index in [1.54, 1.807) is 23.9 Å². The highest BCUT2D eigenvalue weighted by Gasteiger charge is 2.15. The number of hydrogen-bond acceptors (Lipinski definition) is 6. The molecule has 0 aromatic heterocycles. The molecule has 0 spiro atoms. The third-order valence-corrected chi connectivity index (χ3v) is 3.58. The molecular formula is C12H18N2O4S. The first kappa shape index (κ1) is 15.7. The van der Waals surface area contributed by atoms with Crippen LogP contribution in [0.3, 0.4) is 0 Å². The molecular weight excluding hydrogens is 268 g/mol. The van der Waals surface area contributed by atoms with Crippen molar-refractivity contribution in [3.8, 4) is 0 Å². The average Bonchev–Trinajstić information content (AvgIpc) is 2.42. The van der Waals surface area contributed by atoms with Crippen LogP contribution in [0.4, 0.5) is 11.4 Å². The van der Waals surface area contributed by atoms with Gasteiger partial charge in [-0.2, -0.15) is 0 Å². The highest BCUT2D eigenvalue weighted by molar-refractivity contribution is 7.99. The van der Waals surface area contributed by atoms with Crippen molar-refractivity contribution >= 4 is 23.1 Å². The molecule has 1 unspecified atom stereocenters. The molecule has 0 aliphatic heterocycles. The molecule has 0 aliphatic rings. The summed E-state index contributed by atoms with van der Waals surface area (Å²) in [4.78, 5) is 11.4. The van der Waals surface area contributed by atoms with Crippen LogP contribution in [0.15, 0.2) is 23.1 Å². The summed E-state index contributed by atoms with van der Waals surface area (Å²) in [5.74, 6) is 0.941. The summed E-state index contributed by atoms with van der Waals surface area (Å²) in [7, 11) is 0. The fourth-order valence-electron chi connectivity index (χ4n) is 1.42. The topological polar surface area (TPSA) is 95.6 Å². The van der Waals surface area contributed by atoms with Gasteiger partial charge in [-0.25, -0.2) is 0 Å². The molecule has 0 radical (unpaired) electrons. The molecule has 1 aromatic rings. The van der Waals surface area contributed by atoms with Crippen LogP contribution in [0, 0.1) is 10.1 Å². The van der Waals surface area contributed by atoms with Gasteiger partial charge in [-0.15, -0.1) is 11.8 Å².